The first-order valence-electron chi connectivity index (χ1n) is 5.85. The average Bonchev–Trinajstić information content (AvgIpc) is 2.35. The first-order chi connectivity index (χ1) is 8.27. The summed E-state index contributed by atoms with van der Waals surface area (Å²) < 4.78 is 5.49. The molecule has 0 fully saturated rings. The molecule has 0 bridgehead atoms. The van der Waals surface area contributed by atoms with Crippen LogP contribution in [0.1, 0.15) is 24.3 Å². The third-order valence-corrected chi connectivity index (χ3v) is 2.10. The Hall–Kier alpha value is -1.62. The first kappa shape index (κ1) is 13.4. The number of amides is 1. The van der Waals surface area contributed by atoms with Gasteiger partial charge < -0.3 is 15.4 Å². The Kier molecular flexibility index (Phi) is 6.03. The average molecular weight is 237 g/mol. The molecule has 1 aromatic rings. The highest BCUT2D eigenvalue weighted by Gasteiger charge is 2.06. The SMILES string of the molecule is CCNCCOc1ccnc(C(=O)NCC)c1. The maximum absolute atomic E-state index is 11.5. The Morgan fingerprint density at radius 1 is 1.41 bits per heavy atom. The number of carbonyl (C=O) groups excluding carboxylic acids is 1. The van der Waals surface area contributed by atoms with Crippen LogP contribution in [0, 0.1) is 0 Å². The molecule has 0 radical (unpaired) electrons. The standard InChI is InChI=1S/C12H19N3O2/c1-3-13-7-8-17-10-5-6-15-11(9-10)12(16)14-4-2/h5-6,9,13H,3-4,7-8H2,1-2H3,(H,14,16). The Morgan fingerprint density at radius 3 is 2.94 bits per heavy atom. The van der Waals surface area contributed by atoms with Crippen molar-refractivity contribution in [1.82, 2.24) is 15.6 Å². The van der Waals surface area contributed by atoms with E-state index in [0.29, 0.717) is 24.6 Å². The van der Waals surface area contributed by atoms with Crippen molar-refractivity contribution in [2.24, 2.45) is 0 Å². The summed E-state index contributed by atoms with van der Waals surface area (Å²) in [5.74, 6) is 0.490. The molecule has 2 N–H and O–H groups in total. The summed E-state index contributed by atoms with van der Waals surface area (Å²) in [4.78, 5) is 15.5. The van der Waals surface area contributed by atoms with E-state index >= 15 is 0 Å². The van der Waals surface area contributed by atoms with Crippen molar-refractivity contribution in [3.8, 4) is 5.75 Å². The highest BCUT2D eigenvalue weighted by atomic mass is 16.5. The molecule has 0 spiro atoms. The monoisotopic (exact) mass is 237 g/mol. The fraction of sp³-hybridized carbons (Fsp3) is 0.500. The maximum atomic E-state index is 11.5. The topological polar surface area (TPSA) is 63.2 Å². The second-order valence-electron chi connectivity index (χ2n) is 3.44. The molecule has 5 nitrogen and oxygen atoms in total. The van der Waals surface area contributed by atoms with E-state index < -0.39 is 0 Å². The number of hydrogen-bond donors (Lipinski definition) is 2. The van der Waals surface area contributed by atoms with Gasteiger partial charge in [0.05, 0.1) is 0 Å². The van der Waals surface area contributed by atoms with E-state index in [1.165, 1.54) is 0 Å². The summed E-state index contributed by atoms with van der Waals surface area (Å²) in [5, 5.41) is 5.85. The van der Waals surface area contributed by atoms with Gasteiger partial charge in [-0.25, -0.2) is 0 Å². The van der Waals surface area contributed by atoms with Crippen molar-refractivity contribution in [1.29, 1.82) is 0 Å². The van der Waals surface area contributed by atoms with Crippen molar-refractivity contribution < 1.29 is 9.53 Å². The van der Waals surface area contributed by atoms with Crippen LogP contribution in [0.25, 0.3) is 0 Å². The van der Waals surface area contributed by atoms with Crippen molar-refractivity contribution in [2.75, 3.05) is 26.2 Å². The molecule has 0 aliphatic carbocycles. The van der Waals surface area contributed by atoms with Crippen molar-refractivity contribution >= 4 is 5.91 Å². The quantitative estimate of drug-likeness (QED) is 0.689. The largest absolute Gasteiger partial charge is 0.492 e. The predicted molar refractivity (Wildman–Crippen MR) is 66.3 cm³/mol. The second kappa shape index (κ2) is 7.62. The summed E-state index contributed by atoms with van der Waals surface area (Å²) in [7, 11) is 0. The number of nitrogens with one attached hydrogen (secondary N) is 2. The highest BCUT2D eigenvalue weighted by Crippen LogP contribution is 2.10. The molecule has 0 unspecified atom stereocenters. The van der Waals surface area contributed by atoms with Gasteiger partial charge in [0.2, 0.25) is 0 Å². The predicted octanol–water partition coefficient (Wildman–Crippen LogP) is 0.820. The van der Waals surface area contributed by atoms with Crippen molar-refractivity contribution in [3.05, 3.63) is 24.0 Å². The zero-order valence-electron chi connectivity index (χ0n) is 10.3. The smallest absolute Gasteiger partial charge is 0.270 e. The van der Waals surface area contributed by atoms with Gasteiger partial charge >= 0.3 is 0 Å². The summed E-state index contributed by atoms with van der Waals surface area (Å²) in [6.07, 6.45) is 1.58. The summed E-state index contributed by atoms with van der Waals surface area (Å²) in [6.45, 7) is 6.78. The van der Waals surface area contributed by atoms with E-state index in [1.54, 1.807) is 18.3 Å². The van der Waals surface area contributed by atoms with E-state index in [1.807, 2.05) is 13.8 Å². The summed E-state index contributed by atoms with van der Waals surface area (Å²) >= 11 is 0. The first-order valence-corrected chi connectivity index (χ1v) is 5.85. The van der Waals surface area contributed by atoms with Crippen LogP contribution < -0.4 is 15.4 Å². The van der Waals surface area contributed by atoms with Gasteiger partial charge in [-0.1, -0.05) is 6.92 Å². The van der Waals surface area contributed by atoms with Crippen LogP contribution in [0.4, 0.5) is 0 Å². The van der Waals surface area contributed by atoms with Crippen LogP contribution in [0.3, 0.4) is 0 Å². The summed E-state index contributed by atoms with van der Waals surface area (Å²) in [5.41, 5.74) is 0.382. The lowest BCUT2D eigenvalue weighted by molar-refractivity contribution is 0.0950. The molecule has 0 saturated heterocycles. The van der Waals surface area contributed by atoms with Crippen LogP contribution in [0.2, 0.25) is 0 Å². The second-order valence-corrected chi connectivity index (χ2v) is 3.44. The molecule has 1 aromatic heterocycles. The lowest BCUT2D eigenvalue weighted by Gasteiger charge is -2.07. The molecule has 0 aromatic carbocycles. The summed E-state index contributed by atoms with van der Waals surface area (Å²) in [6, 6.07) is 3.39. The molecular weight excluding hydrogens is 218 g/mol. The zero-order valence-corrected chi connectivity index (χ0v) is 10.3. The van der Waals surface area contributed by atoms with Crippen LogP contribution in [0.5, 0.6) is 5.75 Å². The number of rotatable bonds is 7. The van der Waals surface area contributed by atoms with Gasteiger partial charge in [-0.3, -0.25) is 9.78 Å². The number of nitrogens with zero attached hydrogens (tertiary/aromatic N) is 1. The van der Waals surface area contributed by atoms with E-state index in [-0.39, 0.29) is 5.91 Å². The highest BCUT2D eigenvalue weighted by molar-refractivity contribution is 5.92. The fourth-order valence-corrected chi connectivity index (χ4v) is 1.29. The van der Waals surface area contributed by atoms with Gasteiger partial charge in [0.25, 0.3) is 5.91 Å². The maximum Gasteiger partial charge on any atom is 0.270 e. The van der Waals surface area contributed by atoms with Gasteiger partial charge in [0.1, 0.15) is 18.1 Å². The van der Waals surface area contributed by atoms with Crippen LogP contribution >= 0.6 is 0 Å². The minimum atomic E-state index is -0.176. The Bertz CT molecular complexity index is 355. The van der Waals surface area contributed by atoms with Gasteiger partial charge in [-0.05, 0) is 19.5 Å². The number of ether oxygens (including phenoxy) is 1. The molecule has 0 saturated carbocycles. The fourth-order valence-electron chi connectivity index (χ4n) is 1.29. The Morgan fingerprint density at radius 2 is 2.24 bits per heavy atom. The third kappa shape index (κ3) is 4.82. The molecule has 0 aliphatic heterocycles. The van der Waals surface area contributed by atoms with E-state index in [2.05, 4.69) is 15.6 Å². The number of pyridine rings is 1. The Labute approximate surface area is 102 Å². The number of likely N-dealkylation sites (N-methyl/N-ethyl adjacent to an activating group) is 1. The third-order valence-electron chi connectivity index (χ3n) is 2.10. The molecule has 1 heterocycles. The van der Waals surface area contributed by atoms with Crippen LogP contribution in [-0.2, 0) is 0 Å². The van der Waals surface area contributed by atoms with Gasteiger partial charge in [0, 0.05) is 25.4 Å². The van der Waals surface area contributed by atoms with Gasteiger partial charge in [-0.2, -0.15) is 0 Å². The van der Waals surface area contributed by atoms with E-state index in [4.69, 9.17) is 4.74 Å². The molecule has 0 aliphatic rings. The molecule has 94 valence electrons. The number of hydrogen-bond acceptors (Lipinski definition) is 4. The zero-order chi connectivity index (χ0) is 12.5. The Balaban J connectivity index is 2.50. The van der Waals surface area contributed by atoms with Crippen molar-refractivity contribution in [2.45, 2.75) is 13.8 Å². The van der Waals surface area contributed by atoms with E-state index in [9.17, 15) is 4.79 Å². The molecule has 1 amide bonds. The molecule has 0 atom stereocenters. The van der Waals surface area contributed by atoms with Crippen LogP contribution in [0.15, 0.2) is 18.3 Å². The molecule has 1 rings (SSSR count). The molecule has 5 heteroatoms. The van der Waals surface area contributed by atoms with Gasteiger partial charge in [-0.15, -0.1) is 0 Å². The van der Waals surface area contributed by atoms with E-state index in [0.717, 1.165) is 13.1 Å². The van der Waals surface area contributed by atoms with Crippen LogP contribution in [-0.4, -0.2) is 37.1 Å². The minimum absolute atomic E-state index is 0.176. The molecule has 17 heavy (non-hydrogen) atoms. The van der Waals surface area contributed by atoms with Gasteiger partial charge in [0.15, 0.2) is 0 Å². The van der Waals surface area contributed by atoms with Crippen molar-refractivity contribution in [3.63, 3.8) is 0 Å². The number of carbonyl (C=O) groups is 1. The molecular formula is C12H19N3O2. The lowest BCUT2D eigenvalue weighted by atomic mass is 10.3. The number of aromatic nitrogens is 1. The normalized spacial score (nSPS) is 10.0. The lowest BCUT2D eigenvalue weighted by Crippen LogP contribution is -2.24. The minimum Gasteiger partial charge on any atom is -0.492 e.